The minimum absolute atomic E-state index is 0.0716. The van der Waals surface area contributed by atoms with Crippen molar-refractivity contribution in [3.63, 3.8) is 0 Å². The van der Waals surface area contributed by atoms with Crippen molar-refractivity contribution in [1.82, 2.24) is 15.2 Å². The van der Waals surface area contributed by atoms with Gasteiger partial charge >= 0.3 is 5.97 Å². The molecule has 8 rings (SSSR count). The van der Waals surface area contributed by atoms with Crippen molar-refractivity contribution in [2.24, 2.45) is 5.16 Å². The van der Waals surface area contributed by atoms with Gasteiger partial charge in [-0.2, -0.15) is 5.26 Å². The van der Waals surface area contributed by atoms with Crippen LogP contribution < -0.4 is 10.6 Å². The molecule has 2 amide bonds. The fraction of sp³-hybridized carbons (Fsp3) is 0.149. The Morgan fingerprint density at radius 1 is 0.869 bits per heavy atom. The van der Waals surface area contributed by atoms with Gasteiger partial charge in [-0.1, -0.05) is 157 Å². The van der Waals surface area contributed by atoms with E-state index in [9.17, 15) is 24.8 Å². The number of oxime groups is 1. The van der Waals surface area contributed by atoms with Gasteiger partial charge in [-0.25, -0.2) is 9.78 Å². The SMILES string of the molecule is N#CCON=C(C(=O)N[C@@H]1C(=O)N2C(C(=O)O)=C(CCl)OC(C(c3ccccc3)c3ccccc3)[C@H]12)c1csc(NC(c2ccccc2)(c2ccccc2)c2ccccc2)n1. The third kappa shape index (κ3) is 7.82. The van der Waals surface area contributed by atoms with E-state index in [1.807, 2.05) is 158 Å². The molecule has 0 saturated carbocycles. The van der Waals surface area contributed by atoms with Gasteiger partial charge < -0.3 is 25.3 Å². The molecule has 5 aromatic carbocycles. The van der Waals surface area contributed by atoms with Crippen LogP contribution in [0.3, 0.4) is 0 Å². The number of nitrogens with one attached hydrogen (secondary N) is 2. The first-order valence-corrected chi connectivity index (χ1v) is 20.7. The lowest BCUT2D eigenvalue weighted by Crippen LogP contribution is -2.76. The number of carbonyl (C=O) groups is 3. The number of nitriles is 1. The van der Waals surface area contributed by atoms with Gasteiger partial charge in [0, 0.05) is 11.3 Å². The average molecular weight is 849 g/mol. The Morgan fingerprint density at radius 3 is 1.85 bits per heavy atom. The van der Waals surface area contributed by atoms with Crippen LogP contribution in [-0.2, 0) is 29.5 Å². The van der Waals surface area contributed by atoms with E-state index in [4.69, 9.17) is 26.2 Å². The zero-order valence-corrected chi connectivity index (χ0v) is 33.9. The normalized spacial score (nSPS) is 17.4. The van der Waals surface area contributed by atoms with Gasteiger partial charge in [-0.05, 0) is 27.8 Å². The molecule has 61 heavy (non-hydrogen) atoms. The Bertz CT molecular complexity index is 2490. The number of β-lactam (4-membered cyclic amide) rings is 1. The van der Waals surface area contributed by atoms with E-state index in [2.05, 4.69) is 15.8 Å². The highest BCUT2D eigenvalue weighted by Crippen LogP contribution is 2.45. The van der Waals surface area contributed by atoms with Crippen molar-refractivity contribution >= 4 is 51.6 Å². The van der Waals surface area contributed by atoms with Crippen LogP contribution in [0.4, 0.5) is 5.13 Å². The third-order valence-electron chi connectivity index (χ3n) is 10.7. The number of carboxylic acids is 1. The highest BCUT2D eigenvalue weighted by Gasteiger charge is 2.60. The molecule has 304 valence electrons. The number of fused-ring (bicyclic) bond motifs is 1. The molecule has 3 N–H and O–H groups in total. The van der Waals surface area contributed by atoms with E-state index < -0.39 is 59.7 Å². The highest BCUT2D eigenvalue weighted by molar-refractivity contribution is 7.14. The minimum Gasteiger partial charge on any atom is -0.488 e. The summed E-state index contributed by atoms with van der Waals surface area (Å²) in [5.74, 6) is -3.82. The number of aliphatic carboxylic acids is 1. The van der Waals surface area contributed by atoms with Crippen LogP contribution in [0.1, 0.15) is 39.4 Å². The third-order valence-corrected chi connectivity index (χ3v) is 11.7. The number of rotatable bonds is 15. The van der Waals surface area contributed by atoms with E-state index in [-0.39, 0.29) is 23.0 Å². The first-order chi connectivity index (χ1) is 29.8. The zero-order valence-electron chi connectivity index (χ0n) is 32.3. The second-order valence-corrected chi connectivity index (χ2v) is 15.2. The predicted octanol–water partition coefficient (Wildman–Crippen LogP) is 7.25. The summed E-state index contributed by atoms with van der Waals surface area (Å²) in [4.78, 5) is 52.5. The first kappa shape index (κ1) is 40.5. The van der Waals surface area contributed by atoms with E-state index in [1.165, 1.54) is 11.3 Å². The molecule has 0 spiro atoms. The number of hydrogen-bond donors (Lipinski definition) is 3. The summed E-state index contributed by atoms with van der Waals surface area (Å²) < 4.78 is 6.47. The Balaban J connectivity index is 1.16. The fourth-order valence-electron chi connectivity index (χ4n) is 8.07. The van der Waals surface area contributed by atoms with Gasteiger partial charge in [-0.15, -0.1) is 22.9 Å². The molecule has 6 aromatic rings. The number of nitrogens with zero attached hydrogens (tertiary/aromatic N) is 4. The molecule has 2 aliphatic rings. The Hall–Kier alpha value is -7.27. The minimum atomic E-state index is -1.40. The summed E-state index contributed by atoms with van der Waals surface area (Å²) in [6.07, 6.45) is -0.892. The monoisotopic (exact) mass is 848 g/mol. The van der Waals surface area contributed by atoms with Crippen molar-refractivity contribution in [1.29, 1.82) is 5.26 Å². The van der Waals surface area contributed by atoms with Crippen LogP contribution in [0.25, 0.3) is 0 Å². The van der Waals surface area contributed by atoms with Crippen LogP contribution >= 0.6 is 22.9 Å². The average Bonchev–Trinajstić information content (AvgIpc) is 3.77. The summed E-state index contributed by atoms with van der Waals surface area (Å²) in [5, 5.41) is 32.2. The Kier molecular flexibility index (Phi) is 11.9. The summed E-state index contributed by atoms with van der Waals surface area (Å²) >= 11 is 7.51. The number of hydrogen-bond acceptors (Lipinski definition) is 10. The molecule has 3 atom stereocenters. The second kappa shape index (κ2) is 17.9. The smallest absolute Gasteiger partial charge is 0.356 e. The molecule has 2 aliphatic heterocycles. The molecule has 0 bridgehead atoms. The molecule has 14 heteroatoms. The van der Waals surface area contributed by atoms with Gasteiger partial charge in [0.05, 0.1) is 5.88 Å². The lowest BCUT2D eigenvalue weighted by molar-refractivity contribution is -0.167. The van der Waals surface area contributed by atoms with E-state index in [0.29, 0.717) is 5.13 Å². The van der Waals surface area contributed by atoms with Crippen LogP contribution in [0, 0.1) is 11.3 Å². The zero-order chi connectivity index (χ0) is 42.3. The molecule has 3 heterocycles. The van der Waals surface area contributed by atoms with E-state index in [1.54, 1.807) is 5.38 Å². The molecule has 1 fully saturated rings. The van der Waals surface area contributed by atoms with Crippen LogP contribution in [0.5, 0.6) is 0 Å². The number of carboxylic acid groups (broad SMARTS) is 1. The van der Waals surface area contributed by atoms with Crippen molar-refractivity contribution in [2.75, 3.05) is 17.8 Å². The summed E-state index contributed by atoms with van der Waals surface area (Å²) in [5.41, 5.74) is 2.94. The highest BCUT2D eigenvalue weighted by atomic mass is 35.5. The Morgan fingerprint density at radius 2 is 1.38 bits per heavy atom. The quantitative estimate of drug-likeness (QED) is 0.0241. The maximum atomic E-state index is 14.5. The number of halogens is 1. The van der Waals surface area contributed by atoms with Crippen LogP contribution in [-0.4, -0.2) is 69.2 Å². The van der Waals surface area contributed by atoms with Crippen molar-refractivity contribution in [3.05, 3.63) is 202 Å². The molecule has 1 saturated heterocycles. The van der Waals surface area contributed by atoms with E-state index >= 15 is 0 Å². The topological polar surface area (TPSA) is 166 Å². The van der Waals surface area contributed by atoms with Crippen LogP contribution in [0.2, 0.25) is 0 Å². The fourth-order valence-corrected chi connectivity index (χ4v) is 9.01. The summed E-state index contributed by atoms with van der Waals surface area (Å²) in [6.45, 7) is -0.469. The van der Waals surface area contributed by atoms with Crippen molar-refractivity contribution < 1.29 is 29.1 Å². The summed E-state index contributed by atoms with van der Waals surface area (Å²) in [6, 6.07) is 48.3. The number of alkyl halides is 1. The van der Waals surface area contributed by atoms with E-state index in [0.717, 1.165) is 32.7 Å². The summed E-state index contributed by atoms with van der Waals surface area (Å²) in [7, 11) is 0. The molecule has 1 aromatic heterocycles. The van der Waals surface area contributed by atoms with Gasteiger partial charge in [0.25, 0.3) is 11.8 Å². The van der Waals surface area contributed by atoms with Gasteiger partial charge in [0.1, 0.15) is 41.2 Å². The molecule has 0 aliphatic carbocycles. The number of anilines is 1. The Labute approximate surface area is 360 Å². The first-order valence-electron chi connectivity index (χ1n) is 19.3. The van der Waals surface area contributed by atoms with Gasteiger partial charge in [0.2, 0.25) is 6.61 Å². The number of benzene rings is 5. The number of allylic oxidation sites excluding steroid dienone is 1. The maximum Gasteiger partial charge on any atom is 0.356 e. The van der Waals surface area contributed by atoms with Gasteiger partial charge in [-0.3, -0.25) is 14.5 Å². The maximum absolute atomic E-state index is 14.5. The second-order valence-electron chi connectivity index (χ2n) is 14.1. The number of amides is 2. The largest absolute Gasteiger partial charge is 0.488 e. The number of thiazole rings is 1. The molecular weight excluding hydrogens is 812 g/mol. The number of carbonyl (C=O) groups excluding carboxylic acids is 2. The van der Waals surface area contributed by atoms with Crippen LogP contribution in [0.15, 0.2) is 174 Å². The number of ether oxygens (including phenoxy) is 1. The lowest BCUT2D eigenvalue weighted by atomic mass is 9.76. The van der Waals surface area contributed by atoms with Gasteiger partial charge in [0.15, 0.2) is 16.5 Å². The standard InChI is InChI=1S/C47H37ClN6O6S/c48-28-36-40(45(57)58)54-41(42(60-36)37(30-16-6-1-7-17-30)31-18-8-2-9-19-31)39(44(54)56)51-43(55)38(53-59-27-26-49)35-29-61-46(50-35)52-47(32-20-10-3-11-21-32,33-22-12-4-13-23-33)34-24-14-5-15-25-34/h1-25,29,37,39,41-42H,27-28H2,(H,50,52)(H,51,55)(H,57,58)/t39-,41-,42?/m0/s1. The molecule has 0 radical (unpaired) electrons. The molecular formula is C47H37ClN6O6S. The lowest BCUT2D eigenvalue weighted by Gasteiger charge is -2.54. The molecule has 1 unspecified atom stereocenters. The predicted molar refractivity (Wildman–Crippen MR) is 231 cm³/mol. The van der Waals surface area contributed by atoms with Crippen molar-refractivity contribution in [3.8, 4) is 6.07 Å². The van der Waals surface area contributed by atoms with Crippen molar-refractivity contribution in [2.45, 2.75) is 29.6 Å². The number of aromatic nitrogens is 1. The molecule has 12 nitrogen and oxygen atoms in total.